The van der Waals surface area contributed by atoms with Gasteiger partial charge in [0.1, 0.15) is 25.8 Å². The number of hydrogen-bond acceptors (Lipinski definition) is 7. The van der Waals surface area contributed by atoms with Crippen molar-refractivity contribution in [2.24, 2.45) is 0 Å². The van der Waals surface area contributed by atoms with Gasteiger partial charge in [-0.3, -0.25) is 4.79 Å². The van der Waals surface area contributed by atoms with Crippen molar-refractivity contribution >= 4 is 37.8 Å². The van der Waals surface area contributed by atoms with Crippen molar-refractivity contribution < 1.29 is 13.2 Å². The molecule has 1 saturated heterocycles. The molecule has 114 valence electrons. The largest absolute Gasteiger partial charge is 0.396 e. The number of anilines is 2. The predicted octanol–water partition coefficient (Wildman–Crippen LogP) is 0.551. The summed E-state index contributed by atoms with van der Waals surface area (Å²) in [6.07, 6.45) is 0.963. The smallest absolute Gasteiger partial charge is 0.256 e. The Morgan fingerprint density at radius 2 is 2.05 bits per heavy atom. The van der Waals surface area contributed by atoms with Crippen LogP contribution in [0, 0.1) is 11.3 Å². The second kappa shape index (κ2) is 5.91. The van der Waals surface area contributed by atoms with E-state index in [9.17, 15) is 13.2 Å². The summed E-state index contributed by atoms with van der Waals surface area (Å²) in [5.41, 5.74) is 6.25. The van der Waals surface area contributed by atoms with E-state index in [-0.39, 0.29) is 39.6 Å². The predicted molar refractivity (Wildman–Crippen MR) is 82.1 cm³/mol. The van der Waals surface area contributed by atoms with Crippen molar-refractivity contribution in [1.29, 1.82) is 5.26 Å². The van der Waals surface area contributed by atoms with Crippen LogP contribution < -0.4 is 16.4 Å². The van der Waals surface area contributed by atoms with Crippen LogP contribution in [-0.4, -0.2) is 38.9 Å². The first-order valence-corrected chi connectivity index (χ1v) is 9.03. The summed E-state index contributed by atoms with van der Waals surface area (Å²) in [4.78, 5) is 12.2. The SMILES string of the molecule is CNC(=O)c1c(NC2CCS(=O)(=O)CC2)sc(C#N)c1N. The van der Waals surface area contributed by atoms with E-state index in [0.717, 1.165) is 11.3 Å². The lowest BCUT2D eigenvalue weighted by atomic mass is 10.1. The molecule has 2 rings (SSSR count). The Bertz CT molecular complexity index is 689. The zero-order valence-electron chi connectivity index (χ0n) is 11.5. The fourth-order valence-electron chi connectivity index (χ4n) is 2.20. The number of sulfone groups is 1. The van der Waals surface area contributed by atoms with Gasteiger partial charge >= 0.3 is 0 Å². The van der Waals surface area contributed by atoms with Crippen molar-refractivity contribution in [3.8, 4) is 6.07 Å². The minimum absolute atomic E-state index is 0.0403. The molecule has 1 fully saturated rings. The first kappa shape index (κ1) is 15.6. The number of amides is 1. The van der Waals surface area contributed by atoms with Crippen LogP contribution in [0.5, 0.6) is 0 Å². The molecule has 0 spiro atoms. The number of hydrogen-bond donors (Lipinski definition) is 3. The van der Waals surface area contributed by atoms with Gasteiger partial charge < -0.3 is 16.4 Å². The molecule has 0 unspecified atom stereocenters. The van der Waals surface area contributed by atoms with Gasteiger partial charge in [0.05, 0.1) is 22.8 Å². The maximum absolute atomic E-state index is 11.9. The maximum atomic E-state index is 11.9. The molecule has 4 N–H and O–H groups in total. The number of nitrogen functional groups attached to an aromatic ring is 1. The van der Waals surface area contributed by atoms with Gasteiger partial charge in [-0.25, -0.2) is 8.42 Å². The number of carbonyl (C=O) groups excluding carboxylic acids is 1. The number of rotatable bonds is 3. The molecule has 1 aliphatic heterocycles. The van der Waals surface area contributed by atoms with Crippen LogP contribution in [0.3, 0.4) is 0 Å². The number of thiophene rings is 1. The lowest BCUT2D eigenvalue weighted by Gasteiger charge is -2.23. The van der Waals surface area contributed by atoms with Crippen LogP contribution in [0.1, 0.15) is 28.1 Å². The van der Waals surface area contributed by atoms with Crippen molar-refractivity contribution in [3.05, 3.63) is 10.4 Å². The molecule has 1 aromatic heterocycles. The van der Waals surface area contributed by atoms with Gasteiger partial charge in [-0.1, -0.05) is 0 Å². The first-order valence-electron chi connectivity index (χ1n) is 6.39. The first-order chi connectivity index (χ1) is 9.88. The quantitative estimate of drug-likeness (QED) is 0.744. The Morgan fingerprint density at radius 1 is 1.43 bits per heavy atom. The molecule has 1 amide bonds. The van der Waals surface area contributed by atoms with Gasteiger partial charge in [0, 0.05) is 13.1 Å². The highest BCUT2D eigenvalue weighted by molar-refractivity contribution is 7.91. The molecule has 0 radical (unpaired) electrons. The molecule has 0 aliphatic carbocycles. The van der Waals surface area contributed by atoms with E-state index >= 15 is 0 Å². The van der Waals surface area contributed by atoms with Crippen LogP contribution in [0.4, 0.5) is 10.7 Å². The summed E-state index contributed by atoms with van der Waals surface area (Å²) in [7, 11) is -1.45. The Hall–Kier alpha value is -1.79. The summed E-state index contributed by atoms with van der Waals surface area (Å²) >= 11 is 1.12. The Morgan fingerprint density at radius 3 is 2.57 bits per heavy atom. The van der Waals surface area contributed by atoms with Crippen LogP contribution in [0.2, 0.25) is 0 Å². The molecule has 1 aliphatic rings. The molecular weight excluding hydrogens is 312 g/mol. The highest BCUT2D eigenvalue weighted by Gasteiger charge is 2.27. The Kier molecular flexibility index (Phi) is 4.39. The normalized spacial score (nSPS) is 17.9. The van der Waals surface area contributed by atoms with Gasteiger partial charge in [-0.2, -0.15) is 5.26 Å². The van der Waals surface area contributed by atoms with E-state index in [1.54, 1.807) is 0 Å². The van der Waals surface area contributed by atoms with Gasteiger partial charge in [0.15, 0.2) is 0 Å². The van der Waals surface area contributed by atoms with Gasteiger partial charge in [0.25, 0.3) is 5.91 Å². The molecule has 0 aromatic carbocycles. The minimum atomic E-state index is -2.94. The van der Waals surface area contributed by atoms with Crippen LogP contribution >= 0.6 is 11.3 Å². The van der Waals surface area contributed by atoms with E-state index in [0.29, 0.717) is 17.8 Å². The molecular formula is C12H16N4O3S2. The van der Waals surface area contributed by atoms with E-state index < -0.39 is 9.84 Å². The van der Waals surface area contributed by atoms with E-state index in [1.165, 1.54) is 7.05 Å². The van der Waals surface area contributed by atoms with Gasteiger partial charge in [-0.15, -0.1) is 11.3 Å². The lowest BCUT2D eigenvalue weighted by molar-refractivity contribution is 0.0965. The molecule has 21 heavy (non-hydrogen) atoms. The lowest BCUT2D eigenvalue weighted by Crippen LogP contribution is -2.32. The monoisotopic (exact) mass is 328 g/mol. The molecule has 0 atom stereocenters. The van der Waals surface area contributed by atoms with E-state index in [2.05, 4.69) is 10.6 Å². The van der Waals surface area contributed by atoms with E-state index in [4.69, 9.17) is 11.0 Å². The summed E-state index contributed by atoms with van der Waals surface area (Å²) in [6.45, 7) is 0. The topological polar surface area (TPSA) is 125 Å². The van der Waals surface area contributed by atoms with Crippen molar-refractivity contribution in [2.45, 2.75) is 18.9 Å². The van der Waals surface area contributed by atoms with Crippen molar-refractivity contribution in [1.82, 2.24) is 5.32 Å². The summed E-state index contributed by atoms with van der Waals surface area (Å²) in [6, 6.07) is 1.92. The zero-order chi connectivity index (χ0) is 15.6. The molecule has 0 saturated carbocycles. The third kappa shape index (κ3) is 3.28. The summed E-state index contributed by atoms with van der Waals surface area (Å²) in [5.74, 6) is -0.103. The maximum Gasteiger partial charge on any atom is 0.256 e. The van der Waals surface area contributed by atoms with Crippen LogP contribution in [0.25, 0.3) is 0 Å². The number of nitrogens with zero attached hydrogens (tertiary/aromatic N) is 1. The Labute approximate surface area is 127 Å². The van der Waals surface area contributed by atoms with Gasteiger partial charge in [-0.05, 0) is 12.8 Å². The fourth-order valence-corrected chi connectivity index (χ4v) is 4.68. The average Bonchev–Trinajstić information content (AvgIpc) is 2.76. The summed E-state index contributed by atoms with van der Waals surface area (Å²) in [5, 5.41) is 15.2. The van der Waals surface area contributed by atoms with E-state index in [1.807, 2.05) is 6.07 Å². The van der Waals surface area contributed by atoms with Gasteiger partial charge in [0.2, 0.25) is 0 Å². The fraction of sp³-hybridized carbons (Fsp3) is 0.500. The standard InChI is InChI=1S/C12H16N4O3S2/c1-15-11(17)9-10(14)8(6-13)20-12(9)16-7-2-4-21(18,19)5-3-7/h7,16H,2-5,14H2,1H3,(H,15,17). The molecule has 0 bridgehead atoms. The highest BCUT2D eigenvalue weighted by atomic mass is 32.2. The number of nitrogens with two attached hydrogens (primary N) is 1. The Balaban J connectivity index is 2.24. The highest BCUT2D eigenvalue weighted by Crippen LogP contribution is 2.36. The summed E-state index contributed by atoms with van der Waals surface area (Å²) < 4.78 is 22.8. The minimum Gasteiger partial charge on any atom is -0.396 e. The van der Waals surface area contributed by atoms with Crippen LogP contribution in [0.15, 0.2) is 0 Å². The third-order valence-electron chi connectivity index (χ3n) is 3.39. The van der Waals surface area contributed by atoms with Crippen molar-refractivity contribution in [3.63, 3.8) is 0 Å². The van der Waals surface area contributed by atoms with Crippen LogP contribution in [-0.2, 0) is 9.84 Å². The zero-order valence-corrected chi connectivity index (χ0v) is 13.1. The molecule has 2 heterocycles. The number of nitrogens with one attached hydrogen (secondary N) is 2. The molecule has 9 heteroatoms. The third-order valence-corrected chi connectivity index (χ3v) is 6.15. The second-order valence-corrected chi connectivity index (χ2v) is 8.13. The number of nitriles is 1. The molecule has 7 nitrogen and oxygen atoms in total. The molecule has 1 aromatic rings. The second-order valence-electron chi connectivity index (χ2n) is 4.81. The number of carbonyl (C=O) groups is 1. The average molecular weight is 328 g/mol. The van der Waals surface area contributed by atoms with Crippen molar-refractivity contribution in [2.75, 3.05) is 29.6 Å².